The second-order valence-electron chi connectivity index (χ2n) is 4.13. The van der Waals surface area contributed by atoms with Crippen molar-refractivity contribution in [2.24, 2.45) is 7.05 Å². The van der Waals surface area contributed by atoms with Gasteiger partial charge in [0.1, 0.15) is 12.2 Å². The van der Waals surface area contributed by atoms with Crippen LogP contribution in [0, 0.1) is 0 Å². The fourth-order valence-electron chi connectivity index (χ4n) is 2.75. The highest BCUT2D eigenvalue weighted by Crippen LogP contribution is 2.38. The van der Waals surface area contributed by atoms with Gasteiger partial charge in [0.15, 0.2) is 0 Å². The highest BCUT2D eigenvalue weighted by Gasteiger charge is 2.41. The Hall–Kier alpha value is -0.900. The van der Waals surface area contributed by atoms with E-state index in [1.807, 2.05) is 11.7 Å². The van der Waals surface area contributed by atoms with Crippen molar-refractivity contribution in [3.05, 3.63) is 12.2 Å². The number of aromatic nitrogens is 3. The van der Waals surface area contributed by atoms with Gasteiger partial charge in [0.05, 0.1) is 0 Å². The van der Waals surface area contributed by atoms with Crippen LogP contribution in [0.25, 0.3) is 0 Å². The molecule has 0 amide bonds. The predicted octanol–water partition coefficient (Wildman–Crippen LogP) is 0.423. The van der Waals surface area contributed by atoms with Crippen LogP contribution < -0.4 is 5.32 Å². The van der Waals surface area contributed by atoms with Crippen molar-refractivity contribution >= 4 is 0 Å². The summed E-state index contributed by atoms with van der Waals surface area (Å²) in [6.07, 6.45) is 5.56. The van der Waals surface area contributed by atoms with Crippen molar-refractivity contribution in [3.8, 4) is 0 Å². The molecule has 3 unspecified atom stereocenters. The van der Waals surface area contributed by atoms with Gasteiger partial charge >= 0.3 is 0 Å². The fourth-order valence-corrected chi connectivity index (χ4v) is 2.75. The molecule has 0 radical (unpaired) electrons. The Labute approximate surface area is 77.4 Å². The van der Waals surface area contributed by atoms with Gasteiger partial charge in [-0.3, -0.25) is 4.68 Å². The third kappa shape index (κ3) is 1.01. The number of aryl methyl sites for hydroxylation is 1. The molecule has 0 spiro atoms. The molecule has 13 heavy (non-hydrogen) atoms. The summed E-state index contributed by atoms with van der Waals surface area (Å²) in [4.78, 5) is 4.33. The van der Waals surface area contributed by atoms with Crippen LogP contribution in [0.1, 0.15) is 31.0 Å². The van der Waals surface area contributed by atoms with E-state index in [0.29, 0.717) is 12.0 Å². The van der Waals surface area contributed by atoms with Crippen molar-refractivity contribution in [2.75, 3.05) is 0 Å². The zero-order chi connectivity index (χ0) is 8.84. The maximum Gasteiger partial charge on any atom is 0.138 e. The molecular weight excluding hydrogens is 164 g/mol. The molecule has 1 aromatic rings. The summed E-state index contributed by atoms with van der Waals surface area (Å²) in [6.45, 7) is 0. The average molecular weight is 178 g/mol. The van der Waals surface area contributed by atoms with E-state index in [-0.39, 0.29) is 0 Å². The smallest absolute Gasteiger partial charge is 0.138 e. The van der Waals surface area contributed by atoms with Gasteiger partial charge in [0, 0.05) is 25.0 Å². The van der Waals surface area contributed by atoms with Crippen molar-refractivity contribution in [1.29, 1.82) is 0 Å². The van der Waals surface area contributed by atoms with E-state index in [4.69, 9.17) is 0 Å². The van der Waals surface area contributed by atoms with E-state index in [0.717, 1.165) is 11.9 Å². The Balaban J connectivity index is 1.91. The second-order valence-corrected chi connectivity index (χ2v) is 4.13. The van der Waals surface area contributed by atoms with E-state index >= 15 is 0 Å². The molecule has 2 fully saturated rings. The summed E-state index contributed by atoms with van der Waals surface area (Å²) < 4.78 is 1.91. The highest BCUT2D eigenvalue weighted by molar-refractivity contribution is 5.11. The first-order valence-corrected chi connectivity index (χ1v) is 4.94. The summed E-state index contributed by atoms with van der Waals surface area (Å²) >= 11 is 0. The van der Waals surface area contributed by atoms with Gasteiger partial charge in [-0.25, -0.2) is 4.98 Å². The summed E-state index contributed by atoms with van der Waals surface area (Å²) in [7, 11) is 1.98. The van der Waals surface area contributed by atoms with Crippen molar-refractivity contribution in [3.63, 3.8) is 0 Å². The molecule has 3 rings (SSSR count). The minimum absolute atomic E-state index is 0.603. The largest absolute Gasteiger partial charge is 0.310 e. The standard InChI is InChI=1S/C9H14N4/c1-13-9(10-5-11-13)7-4-6-2-3-8(7)12-6/h5-8,12H,2-4H2,1H3. The monoisotopic (exact) mass is 178 g/mol. The van der Waals surface area contributed by atoms with Crippen molar-refractivity contribution in [2.45, 2.75) is 37.3 Å². The molecule has 70 valence electrons. The van der Waals surface area contributed by atoms with Crippen molar-refractivity contribution < 1.29 is 0 Å². The predicted molar refractivity (Wildman–Crippen MR) is 48.3 cm³/mol. The fraction of sp³-hybridized carbons (Fsp3) is 0.778. The summed E-state index contributed by atoms with van der Waals surface area (Å²) in [5.74, 6) is 1.76. The van der Waals surface area contributed by atoms with Gasteiger partial charge in [0.25, 0.3) is 0 Å². The lowest BCUT2D eigenvalue weighted by atomic mass is 9.88. The minimum Gasteiger partial charge on any atom is -0.310 e. The second kappa shape index (κ2) is 2.54. The van der Waals surface area contributed by atoms with E-state index < -0.39 is 0 Å². The third-order valence-corrected chi connectivity index (χ3v) is 3.38. The van der Waals surface area contributed by atoms with E-state index in [2.05, 4.69) is 15.4 Å². The van der Waals surface area contributed by atoms with Crippen LogP contribution in [0.3, 0.4) is 0 Å². The topological polar surface area (TPSA) is 42.7 Å². The zero-order valence-corrected chi connectivity index (χ0v) is 7.77. The number of nitrogens with zero attached hydrogens (tertiary/aromatic N) is 3. The SMILES string of the molecule is Cn1ncnc1C1CC2CCC1N2. The van der Waals surface area contributed by atoms with E-state index in [9.17, 15) is 0 Å². The molecule has 2 saturated heterocycles. The van der Waals surface area contributed by atoms with E-state index in [1.165, 1.54) is 19.3 Å². The van der Waals surface area contributed by atoms with Crippen LogP contribution in [0.15, 0.2) is 6.33 Å². The maximum absolute atomic E-state index is 4.33. The molecule has 4 nitrogen and oxygen atoms in total. The Bertz CT molecular complexity index is 319. The lowest BCUT2D eigenvalue weighted by molar-refractivity contribution is 0.469. The molecule has 0 aliphatic carbocycles. The molecule has 3 heterocycles. The van der Waals surface area contributed by atoms with Crippen LogP contribution in [-0.4, -0.2) is 26.8 Å². The van der Waals surface area contributed by atoms with Gasteiger partial charge in [-0.05, 0) is 19.3 Å². The molecule has 0 saturated carbocycles. The lowest BCUT2D eigenvalue weighted by Gasteiger charge is -2.18. The van der Waals surface area contributed by atoms with Crippen molar-refractivity contribution in [1.82, 2.24) is 20.1 Å². The first-order valence-electron chi connectivity index (χ1n) is 4.94. The molecule has 1 aromatic heterocycles. The minimum atomic E-state index is 0.603. The highest BCUT2D eigenvalue weighted by atomic mass is 15.3. The molecule has 2 aliphatic rings. The quantitative estimate of drug-likeness (QED) is 0.678. The number of hydrogen-bond acceptors (Lipinski definition) is 3. The molecule has 2 aliphatic heterocycles. The zero-order valence-electron chi connectivity index (χ0n) is 7.77. The Morgan fingerprint density at radius 1 is 1.54 bits per heavy atom. The molecule has 2 bridgehead atoms. The Kier molecular flexibility index (Phi) is 1.47. The van der Waals surface area contributed by atoms with Crippen LogP contribution in [0.4, 0.5) is 0 Å². The van der Waals surface area contributed by atoms with Crippen LogP contribution >= 0.6 is 0 Å². The third-order valence-electron chi connectivity index (χ3n) is 3.38. The lowest BCUT2D eigenvalue weighted by Crippen LogP contribution is -2.23. The summed E-state index contributed by atoms with van der Waals surface area (Å²) in [5, 5.41) is 7.73. The van der Waals surface area contributed by atoms with Crippen LogP contribution in [0.5, 0.6) is 0 Å². The van der Waals surface area contributed by atoms with Gasteiger partial charge < -0.3 is 5.32 Å². The van der Waals surface area contributed by atoms with Crippen LogP contribution in [0.2, 0.25) is 0 Å². The molecular formula is C9H14N4. The first-order chi connectivity index (χ1) is 6.34. The number of fused-ring (bicyclic) bond motifs is 2. The summed E-state index contributed by atoms with van der Waals surface area (Å²) in [6, 6.07) is 1.40. The summed E-state index contributed by atoms with van der Waals surface area (Å²) in [5.41, 5.74) is 0. The molecule has 4 heteroatoms. The maximum atomic E-state index is 4.33. The van der Waals surface area contributed by atoms with Gasteiger partial charge in [0.2, 0.25) is 0 Å². The van der Waals surface area contributed by atoms with Gasteiger partial charge in [-0.2, -0.15) is 5.10 Å². The van der Waals surface area contributed by atoms with E-state index in [1.54, 1.807) is 6.33 Å². The van der Waals surface area contributed by atoms with Crippen LogP contribution in [-0.2, 0) is 7.05 Å². The molecule has 0 aromatic carbocycles. The van der Waals surface area contributed by atoms with Gasteiger partial charge in [-0.1, -0.05) is 0 Å². The Morgan fingerprint density at radius 2 is 2.46 bits per heavy atom. The first kappa shape index (κ1) is 7.50. The Morgan fingerprint density at radius 3 is 3.00 bits per heavy atom. The number of nitrogens with one attached hydrogen (secondary N) is 1. The average Bonchev–Trinajstić information content (AvgIpc) is 2.77. The normalized spacial score (nSPS) is 37.2. The molecule has 1 N–H and O–H groups in total. The number of rotatable bonds is 1. The molecule has 3 atom stereocenters. The number of hydrogen-bond donors (Lipinski definition) is 1. The van der Waals surface area contributed by atoms with Gasteiger partial charge in [-0.15, -0.1) is 0 Å².